The minimum absolute atomic E-state index is 0.0928. The number of hydrogen-bond acceptors (Lipinski definition) is 4. The summed E-state index contributed by atoms with van der Waals surface area (Å²) in [4.78, 5) is 10.9. The fourth-order valence-electron chi connectivity index (χ4n) is 3.01. The maximum Gasteiger partial charge on any atom is 0.333 e. The summed E-state index contributed by atoms with van der Waals surface area (Å²) in [5, 5.41) is 0. The lowest BCUT2D eigenvalue weighted by Gasteiger charge is -2.29. The molecule has 1 aliphatic rings. The molecule has 4 nitrogen and oxygen atoms in total. The Morgan fingerprint density at radius 1 is 1.21 bits per heavy atom. The maximum atomic E-state index is 10.9. The Morgan fingerprint density at radius 2 is 1.92 bits per heavy atom. The van der Waals surface area contributed by atoms with Gasteiger partial charge in [-0.15, -0.1) is 0 Å². The highest BCUT2D eigenvalue weighted by molar-refractivity contribution is 5.81. The van der Waals surface area contributed by atoms with Crippen LogP contribution in [0.4, 0.5) is 0 Å². The Balaban J connectivity index is 1.73. The summed E-state index contributed by atoms with van der Waals surface area (Å²) < 4.78 is 16.1. The molecule has 0 saturated heterocycles. The van der Waals surface area contributed by atoms with Crippen LogP contribution in [0, 0.1) is 0 Å². The van der Waals surface area contributed by atoms with Gasteiger partial charge in [-0.1, -0.05) is 32.1 Å². The molecule has 0 aromatic heterocycles. The molecule has 1 saturated carbocycles. The molecule has 24 heavy (non-hydrogen) atoms. The third-order valence-corrected chi connectivity index (χ3v) is 4.47. The quantitative estimate of drug-likeness (QED) is 0.287. The average Bonchev–Trinajstić information content (AvgIpc) is 2.63. The molecule has 0 atom stereocenters. The first kappa shape index (κ1) is 18.5. The van der Waals surface area contributed by atoms with Gasteiger partial charge < -0.3 is 14.2 Å². The smallest absolute Gasteiger partial charge is 0.333 e. The molecule has 0 aliphatic heterocycles. The monoisotopic (exact) mass is 332 g/mol. The minimum Gasteiger partial charge on any atom is -0.457 e. The van der Waals surface area contributed by atoms with Crippen molar-refractivity contribution in [1.82, 2.24) is 0 Å². The fraction of sp³-hybridized carbons (Fsp3) is 0.550. The van der Waals surface area contributed by atoms with Gasteiger partial charge >= 0.3 is 5.97 Å². The molecule has 1 aromatic carbocycles. The average molecular weight is 332 g/mol. The molecule has 4 heteroatoms. The van der Waals surface area contributed by atoms with Gasteiger partial charge in [-0.3, -0.25) is 0 Å². The van der Waals surface area contributed by atoms with Gasteiger partial charge in [0.1, 0.15) is 5.75 Å². The molecule has 0 bridgehead atoms. The van der Waals surface area contributed by atoms with Gasteiger partial charge in [0.05, 0.1) is 6.10 Å². The third-order valence-electron chi connectivity index (χ3n) is 4.47. The summed E-state index contributed by atoms with van der Waals surface area (Å²) in [5.74, 6) is 0.820. The lowest BCUT2D eigenvalue weighted by molar-refractivity contribution is -0.144. The summed E-state index contributed by atoms with van der Waals surface area (Å²) in [6.07, 6.45) is 8.54. The zero-order chi connectivity index (χ0) is 17.2. The van der Waals surface area contributed by atoms with Crippen molar-refractivity contribution in [2.75, 3.05) is 13.4 Å². The number of carbonyl (C=O) groups is 1. The van der Waals surface area contributed by atoms with E-state index in [9.17, 15) is 4.79 Å². The zero-order valence-corrected chi connectivity index (χ0v) is 14.5. The molecule has 2 rings (SSSR count). The molecule has 0 amide bonds. The predicted molar refractivity (Wildman–Crippen MR) is 94.1 cm³/mol. The van der Waals surface area contributed by atoms with Crippen molar-refractivity contribution in [3.05, 3.63) is 42.5 Å². The first-order chi connectivity index (χ1) is 11.7. The van der Waals surface area contributed by atoms with Crippen molar-refractivity contribution in [2.45, 2.75) is 57.5 Å². The third kappa shape index (κ3) is 6.00. The molecular weight excluding hydrogens is 304 g/mol. The van der Waals surface area contributed by atoms with Gasteiger partial charge in [0.2, 0.25) is 6.79 Å². The summed E-state index contributed by atoms with van der Waals surface area (Å²) in [6.45, 7) is 6.33. The second-order valence-corrected chi connectivity index (χ2v) is 6.20. The van der Waals surface area contributed by atoms with E-state index in [0.29, 0.717) is 17.8 Å². The number of carbonyl (C=O) groups excluding carboxylic acids is 1. The van der Waals surface area contributed by atoms with Crippen molar-refractivity contribution in [1.29, 1.82) is 0 Å². The summed E-state index contributed by atoms with van der Waals surface area (Å²) in [6, 6.07) is 8.07. The highest BCUT2D eigenvalue weighted by atomic mass is 16.7. The van der Waals surface area contributed by atoms with Crippen LogP contribution in [0.2, 0.25) is 0 Å². The van der Waals surface area contributed by atoms with Crippen LogP contribution in [0.25, 0.3) is 0 Å². The summed E-state index contributed by atoms with van der Waals surface area (Å²) in [5.41, 5.74) is 1.34. The lowest BCUT2D eigenvalue weighted by atomic mass is 9.83. The van der Waals surface area contributed by atoms with E-state index in [2.05, 4.69) is 25.6 Å². The highest BCUT2D eigenvalue weighted by Crippen LogP contribution is 2.34. The number of ether oxygens (including phenoxy) is 3. The van der Waals surface area contributed by atoms with E-state index < -0.39 is 5.97 Å². The standard InChI is InChI=1S/C20H28O4/c1-3-5-14-22-18-10-6-16(7-11-18)17-8-12-19(13-9-17)23-15-24-20(21)4-2/h4,8-9,12-13,16,18H,2-3,5-7,10-11,14-15H2,1H3. The predicted octanol–water partition coefficient (Wildman–Crippen LogP) is 4.60. The van der Waals surface area contributed by atoms with Crippen LogP contribution >= 0.6 is 0 Å². The van der Waals surface area contributed by atoms with Crippen molar-refractivity contribution in [3.8, 4) is 5.75 Å². The van der Waals surface area contributed by atoms with Gasteiger partial charge in [0.25, 0.3) is 0 Å². The largest absolute Gasteiger partial charge is 0.457 e. The Hall–Kier alpha value is -1.81. The number of benzene rings is 1. The summed E-state index contributed by atoms with van der Waals surface area (Å²) >= 11 is 0. The molecule has 0 radical (unpaired) electrons. The van der Waals surface area contributed by atoms with Crippen LogP contribution in [-0.4, -0.2) is 25.5 Å². The van der Waals surface area contributed by atoms with Crippen LogP contribution in [-0.2, 0) is 14.3 Å². The summed E-state index contributed by atoms with van der Waals surface area (Å²) in [7, 11) is 0. The van der Waals surface area contributed by atoms with E-state index in [1.165, 1.54) is 24.8 Å². The first-order valence-electron chi connectivity index (χ1n) is 8.86. The van der Waals surface area contributed by atoms with E-state index in [1.807, 2.05) is 12.1 Å². The molecule has 1 fully saturated rings. The van der Waals surface area contributed by atoms with Gasteiger partial charge in [0.15, 0.2) is 0 Å². The molecule has 0 unspecified atom stereocenters. The van der Waals surface area contributed by atoms with Gasteiger partial charge in [-0.05, 0) is 55.7 Å². The first-order valence-corrected chi connectivity index (χ1v) is 8.86. The van der Waals surface area contributed by atoms with Crippen molar-refractivity contribution in [2.24, 2.45) is 0 Å². The van der Waals surface area contributed by atoms with Crippen LogP contribution < -0.4 is 4.74 Å². The van der Waals surface area contributed by atoms with Crippen molar-refractivity contribution in [3.63, 3.8) is 0 Å². The van der Waals surface area contributed by atoms with Crippen LogP contribution in [0.5, 0.6) is 5.75 Å². The molecule has 0 heterocycles. The fourth-order valence-corrected chi connectivity index (χ4v) is 3.01. The van der Waals surface area contributed by atoms with E-state index in [1.54, 1.807) is 0 Å². The van der Waals surface area contributed by atoms with Crippen LogP contribution in [0.1, 0.15) is 56.9 Å². The van der Waals surface area contributed by atoms with Crippen molar-refractivity contribution < 1.29 is 19.0 Å². The van der Waals surface area contributed by atoms with E-state index in [-0.39, 0.29) is 6.79 Å². The number of hydrogen-bond donors (Lipinski definition) is 0. The second-order valence-electron chi connectivity index (χ2n) is 6.20. The molecule has 1 aliphatic carbocycles. The maximum absolute atomic E-state index is 10.9. The van der Waals surface area contributed by atoms with Crippen molar-refractivity contribution >= 4 is 5.97 Å². The van der Waals surface area contributed by atoms with E-state index >= 15 is 0 Å². The van der Waals surface area contributed by atoms with Gasteiger partial charge in [0, 0.05) is 12.7 Å². The highest BCUT2D eigenvalue weighted by Gasteiger charge is 2.22. The van der Waals surface area contributed by atoms with Crippen LogP contribution in [0.15, 0.2) is 36.9 Å². The molecule has 1 aromatic rings. The van der Waals surface area contributed by atoms with Gasteiger partial charge in [-0.25, -0.2) is 4.79 Å². The zero-order valence-electron chi connectivity index (χ0n) is 14.5. The number of unbranched alkanes of at least 4 members (excludes halogenated alkanes) is 1. The van der Waals surface area contributed by atoms with Gasteiger partial charge in [-0.2, -0.15) is 0 Å². The Labute approximate surface area is 144 Å². The number of rotatable bonds is 9. The molecule has 0 N–H and O–H groups in total. The second kappa shape index (κ2) is 10.1. The Bertz CT molecular complexity index is 501. The normalized spacial score (nSPS) is 20.4. The topological polar surface area (TPSA) is 44.8 Å². The number of esters is 1. The Morgan fingerprint density at radius 3 is 2.54 bits per heavy atom. The molecule has 132 valence electrons. The van der Waals surface area contributed by atoms with Crippen LogP contribution in [0.3, 0.4) is 0 Å². The minimum atomic E-state index is -0.482. The lowest BCUT2D eigenvalue weighted by Crippen LogP contribution is -2.21. The molecular formula is C20H28O4. The van der Waals surface area contributed by atoms with E-state index in [4.69, 9.17) is 14.2 Å². The van der Waals surface area contributed by atoms with E-state index in [0.717, 1.165) is 31.9 Å². The Kier molecular flexibility index (Phi) is 7.83. The molecule has 0 spiro atoms. The SMILES string of the molecule is C=CC(=O)OCOc1ccc(C2CCC(OCCCC)CC2)cc1.